The number of fused-ring (bicyclic) bond motifs is 1. The molecular formula is C40H44BrN3O6S. The van der Waals surface area contributed by atoms with Crippen LogP contribution in [0.1, 0.15) is 18.9 Å². The third kappa shape index (κ3) is 6.71. The molecule has 3 fully saturated rings. The number of likely N-dealkylation sites (tertiary alicyclic amines) is 1. The second kappa shape index (κ2) is 15.7. The van der Waals surface area contributed by atoms with E-state index in [-0.39, 0.29) is 47.5 Å². The molecule has 3 unspecified atom stereocenters. The highest BCUT2D eigenvalue weighted by Crippen LogP contribution is 2.68. The molecule has 0 saturated carbocycles. The number of halogens is 1. The van der Waals surface area contributed by atoms with Crippen molar-refractivity contribution in [2.45, 2.75) is 46.7 Å². The van der Waals surface area contributed by atoms with Crippen molar-refractivity contribution in [3.8, 4) is 11.5 Å². The number of nitrogens with zero attached hydrogens (tertiary/aromatic N) is 3. The Kier molecular flexibility index (Phi) is 11.3. The maximum atomic E-state index is 15.2. The van der Waals surface area contributed by atoms with Gasteiger partial charge in [0.1, 0.15) is 17.5 Å². The molecule has 51 heavy (non-hydrogen) atoms. The van der Waals surface area contributed by atoms with Gasteiger partial charge in [-0.3, -0.25) is 14.4 Å². The smallest absolute Gasteiger partial charge is 0.251 e. The fraction of sp³-hybridized carbons (Fsp3) is 0.375. The Morgan fingerprint density at radius 2 is 1.57 bits per heavy atom. The summed E-state index contributed by atoms with van der Waals surface area (Å²) in [5.41, 5.74) is 2.23. The van der Waals surface area contributed by atoms with E-state index in [2.05, 4.69) is 29.1 Å². The SMILES string of the molecule is C=CCN(C(=O)C1N([C@@H](CO)Cc2ccccc2)C(=O)[C@@H]2[C@H](C(=O)N(CC=C)c3ccc(OCC)cc3)[C@H]3SC12CC3Br)c1ccc(OC)cc1. The van der Waals surface area contributed by atoms with E-state index >= 15 is 9.59 Å². The normalized spacial score (nSPS) is 25.2. The Morgan fingerprint density at radius 1 is 0.980 bits per heavy atom. The van der Waals surface area contributed by atoms with Crippen LogP contribution in [0.4, 0.5) is 11.4 Å². The average Bonchev–Trinajstić information content (AvgIpc) is 3.75. The molecule has 7 atom stereocenters. The second-order valence-electron chi connectivity index (χ2n) is 13.0. The summed E-state index contributed by atoms with van der Waals surface area (Å²) in [5.74, 6) is -0.932. The molecule has 6 rings (SSSR count). The minimum absolute atomic E-state index is 0.128. The number of methoxy groups -OCH3 is 1. The molecule has 0 aliphatic carbocycles. The van der Waals surface area contributed by atoms with Gasteiger partial charge in [0.15, 0.2) is 0 Å². The number of benzene rings is 3. The van der Waals surface area contributed by atoms with Crippen molar-refractivity contribution < 1.29 is 29.0 Å². The van der Waals surface area contributed by atoms with Gasteiger partial charge in [-0.15, -0.1) is 24.9 Å². The van der Waals surface area contributed by atoms with Gasteiger partial charge in [0.2, 0.25) is 11.8 Å². The number of carbonyl (C=O) groups excluding carboxylic acids is 3. The highest BCUT2D eigenvalue weighted by atomic mass is 79.9. The number of anilines is 2. The van der Waals surface area contributed by atoms with Gasteiger partial charge in [-0.05, 0) is 73.9 Å². The first-order valence-electron chi connectivity index (χ1n) is 17.2. The van der Waals surface area contributed by atoms with E-state index in [9.17, 15) is 9.90 Å². The van der Waals surface area contributed by atoms with Crippen LogP contribution in [-0.4, -0.2) is 88.0 Å². The summed E-state index contributed by atoms with van der Waals surface area (Å²) in [6.45, 7) is 10.4. The van der Waals surface area contributed by atoms with Crippen LogP contribution in [0.5, 0.6) is 11.5 Å². The topological polar surface area (TPSA) is 99.6 Å². The molecule has 3 aromatic carbocycles. The van der Waals surface area contributed by atoms with Gasteiger partial charge in [0.05, 0.1) is 42.9 Å². The molecule has 268 valence electrons. The van der Waals surface area contributed by atoms with Crippen LogP contribution < -0.4 is 19.3 Å². The molecule has 3 heterocycles. The van der Waals surface area contributed by atoms with Crippen LogP contribution >= 0.6 is 27.7 Å². The Hall–Kier alpha value is -4.06. The van der Waals surface area contributed by atoms with E-state index in [1.54, 1.807) is 57.9 Å². The van der Waals surface area contributed by atoms with Crippen molar-refractivity contribution in [2.24, 2.45) is 11.8 Å². The van der Waals surface area contributed by atoms with Gasteiger partial charge in [-0.1, -0.05) is 58.4 Å². The first kappa shape index (κ1) is 36.7. The number of carbonyl (C=O) groups is 3. The van der Waals surface area contributed by atoms with Gasteiger partial charge < -0.3 is 29.3 Å². The lowest BCUT2D eigenvalue weighted by molar-refractivity contribution is -0.141. The lowest BCUT2D eigenvalue weighted by atomic mass is 9.70. The van der Waals surface area contributed by atoms with Crippen molar-refractivity contribution in [2.75, 3.05) is 43.2 Å². The molecule has 3 aliphatic heterocycles. The number of aliphatic hydroxyl groups is 1. The molecule has 3 saturated heterocycles. The number of hydrogen-bond donors (Lipinski definition) is 1. The lowest BCUT2D eigenvalue weighted by Crippen LogP contribution is -2.58. The van der Waals surface area contributed by atoms with Gasteiger partial charge >= 0.3 is 0 Å². The van der Waals surface area contributed by atoms with Crippen LogP contribution in [0, 0.1) is 11.8 Å². The predicted octanol–water partition coefficient (Wildman–Crippen LogP) is 5.90. The van der Waals surface area contributed by atoms with E-state index in [1.165, 1.54) is 0 Å². The quantitative estimate of drug-likeness (QED) is 0.152. The first-order chi connectivity index (χ1) is 24.7. The fourth-order valence-electron chi connectivity index (χ4n) is 8.04. The maximum absolute atomic E-state index is 15.2. The Bertz CT molecular complexity index is 1740. The van der Waals surface area contributed by atoms with Gasteiger partial charge in [-0.25, -0.2) is 0 Å². The molecule has 3 aliphatic rings. The number of thioether (sulfide) groups is 1. The van der Waals surface area contributed by atoms with Crippen molar-refractivity contribution in [3.63, 3.8) is 0 Å². The number of hydrogen-bond acceptors (Lipinski definition) is 7. The third-order valence-corrected chi connectivity index (χ3v) is 13.4. The standard InChI is InChI=1S/C40H44BrN3O6S/c1-5-21-42(27-15-19-31(20-16-27)50-7-3)37(46)33-34-38(47)44(29(25-45)23-26-11-9-8-10-12-26)36(40(34)24-32(41)35(33)51-40)39(48)43(22-6-2)28-13-17-30(49-4)18-14-28/h5-6,8-20,29,32-36,45H,1-2,7,21-25H2,3-4H3/t29-,32?,33+,34+,35+,36?,40?/m1/s1. The molecule has 3 amide bonds. The lowest BCUT2D eigenvalue weighted by Gasteiger charge is -2.40. The average molecular weight is 775 g/mol. The summed E-state index contributed by atoms with van der Waals surface area (Å²) in [7, 11) is 1.58. The van der Waals surface area contributed by atoms with Crippen LogP contribution in [0.15, 0.2) is 104 Å². The van der Waals surface area contributed by atoms with Crippen LogP contribution in [0.25, 0.3) is 0 Å². The third-order valence-electron chi connectivity index (χ3n) is 10.2. The summed E-state index contributed by atoms with van der Waals surface area (Å²) >= 11 is 5.47. The second-order valence-corrected chi connectivity index (χ2v) is 15.8. The fourth-order valence-corrected chi connectivity index (χ4v) is 11.6. The number of ether oxygens (including phenoxy) is 2. The zero-order valence-corrected chi connectivity index (χ0v) is 31.3. The largest absolute Gasteiger partial charge is 0.497 e. The molecule has 1 N–H and O–H groups in total. The van der Waals surface area contributed by atoms with Crippen molar-refractivity contribution >= 4 is 56.8 Å². The van der Waals surface area contributed by atoms with Crippen molar-refractivity contribution in [1.29, 1.82) is 0 Å². The zero-order valence-electron chi connectivity index (χ0n) is 28.9. The summed E-state index contributed by atoms with van der Waals surface area (Å²) in [6.07, 6.45) is 4.19. The minimum Gasteiger partial charge on any atom is -0.497 e. The number of aliphatic hydroxyl groups excluding tert-OH is 1. The summed E-state index contributed by atoms with van der Waals surface area (Å²) in [4.78, 5) is 50.0. The van der Waals surface area contributed by atoms with Crippen molar-refractivity contribution in [1.82, 2.24) is 4.90 Å². The molecule has 1 spiro atoms. The Balaban J connectivity index is 1.45. The minimum atomic E-state index is -0.955. The van der Waals surface area contributed by atoms with Gasteiger partial charge in [0.25, 0.3) is 5.91 Å². The Labute approximate surface area is 312 Å². The molecule has 11 heteroatoms. The highest BCUT2D eigenvalue weighted by Gasteiger charge is 2.76. The van der Waals surface area contributed by atoms with E-state index < -0.39 is 28.7 Å². The Morgan fingerprint density at radius 3 is 2.12 bits per heavy atom. The first-order valence-corrected chi connectivity index (χ1v) is 19.0. The summed E-state index contributed by atoms with van der Waals surface area (Å²) < 4.78 is 10.1. The van der Waals surface area contributed by atoms with Gasteiger partial charge in [0, 0.05) is 34.5 Å². The van der Waals surface area contributed by atoms with Crippen molar-refractivity contribution in [3.05, 3.63) is 110 Å². The summed E-state index contributed by atoms with van der Waals surface area (Å²) in [5, 5.41) is 10.7. The maximum Gasteiger partial charge on any atom is 0.251 e. The monoisotopic (exact) mass is 773 g/mol. The molecule has 9 nitrogen and oxygen atoms in total. The number of alkyl halides is 1. The van der Waals surface area contributed by atoms with Crippen LogP contribution in [0.3, 0.4) is 0 Å². The van der Waals surface area contributed by atoms with E-state index in [4.69, 9.17) is 9.47 Å². The van der Waals surface area contributed by atoms with E-state index in [0.29, 0.717) is 42.3 Å². The predicted molar refractivity (Wildman–Crippen MR) is 206 cm³/mol. The molecule has 2 bridgehead atoms. The van der Waals surface area contributed by atoms with Gasteiger partial charge in [-0.2, -0.15) is 0 Å². The molecule has 3 aromatic rings. The highest BCUT2D eigenvalue weighted by molar-refractivity contribution is 9.09. The summed E-state index contributed by atoms with van der Waals surface area (Å²) in [6, 6.07) is 22.5. The molecular weight excluding hydrogens is 730 g/mol. The van der Waals surface area contributed by atoms with Crippen LogP contribution in [-0.2, 0) is 20.8 Å². The molecule has 0 aromatic heterocycles. The van der Waals surface area contributed by atoms with Crippen LogP contribution in [0.2, 0.25) is 0 Å². The number of rotatable bonds is 15. The van der Waals surface area contributed by atoms with E-state index in [0.717, 1.165) is 5.56 Å². The molecule has 0 radical (unpaired) electrons. The van der Waals surface area contributed by atoms with E-state index in [1.807, 2.05) is 73.7 Å². The number of amides is 3. The zero-order chi connectivity index (χ0) is 36.3.